The zero-order valence-corrected chi connectivity index (χ0v) is 12.6. The van der Waals surface area contributed by atoms with Gasteiger partial charge in [-0.05, 0) is 32.9 Å². The second kappa shape index (κ2) is 8.37. The molecule has 1 aliphatic heterocycles. The molecule has 1 aliphatic rings. The van der Waals surface area contributed by atoms with Gasteiger partial charge in [-0.3, -0.25) is 0 Å². The van der Waals surface area contributed by atoms with E-state index in [0.29, 0.717) is 12.5 Å². The molecule has 2 nitrogen and oxygen atoms in total. The van der Waals surface area contributed by atoms with Crippen LogP contribution in [0.5, 0.6) is 0 Å². The molecule has 114 valence electrons. The zero-order valence-electron chi connectivity index (χ0n) is 11.8. The monoisotopic (exact) mass is 298 g/mol. The summed E-state index contributed by atoms with van der Waals surface area (Å²) in [5.41, 5.74) is 0. The van der Waals surface area contributed by atoms with Crippen molar-refractivity contribution in [3.05, 3.63) is 0 Å². The maximum Gasteiger partial charge on any atom is 0.389 e. The average molecular weight is 298 g/mol. The smallest absolute Gasteiger partial charge is 0.312 e. The van der Waals surface area contributed by atoms with E-state index < -0.39 is 12.6 Å². The minimum absolute atomic E-state index is 0.181. The van der Waals surface area contributed by atoms with Gasteiger partial charge in [-0.25, -0.2) is 0 Å². The molecule has 0 aliphatic carbocycles. The molecule has 2 atom stereocenters. The molecule has 1 saturated heterocycles. The molecule has 6 heteroatoms. The van der Waals surface area contributed by atoms with E-state index in [2.05, 4.69) is 24.2 Å². The highest BCUT2D eigenvalue weighted by Gasteiger charge is 2.30. The van der Waals surface area contributed by atoms with Crippen molar-refractivity contribution in [2.24, 2.45) is 0 Å². The first-order valence-electron chi connectivity index (χ1n) is 7.02. The Morgan fingerprint density at radius 2 is 2.16 bits per heavy atom. The van der Waals surface area contributed by atoms with Gasteiger partial charge in [0.15, 0.2) is 0 Å². The zero-order chi connectivity index (χ0) is 14.3. The summed E-state index contributed by atoms with van der Waals surface area (Å²) >= 11 is 1.90. The van der Waals surface area contributed by atoms with E-state index in [9.17, 15) is 13.2 Å². The van der Waals surface area contributed by atoms with Crippen molar-refractivity contribution in [1.82, 2.24) is 10.2 Å². The molecular formula is C13H25F3N2S. The number of thioether (sulfide) groups is 1. The first-order valence-corrected chi connectivity index (χ1v) is 8.17. The van der Waals surface area contributed by atoms with E-state index >= 15 is 0 Å². The van der Waals surface area contributed by atoms with E-state index in [1.54, 1.807) is 0 Å². The number of nitrogens with zero attached hydrogens (tertiary/aromatic N) is 1. The molecule has 2 unspecified atom stereocenters. The third-order valence-corrected chi connectivity index (χ3v) is 4.59. The van der Waals surface area contributed by atoms with Gasteiger partial charge in [0.2, 0.25) is 0 Å². The Labute approximate surface area is 118 Å². The van der Waals surface area contributed by atoms with Crippen LogP contribution in [0.2, 0.25) is 0 Å². The minimum atomic E-state index is -4.03. The number of halogens is 3. The number of rotatable bonds is 7. The lowest BCUT2D eigenvalue weighted by Crippen LogP contribution is -2.52. The lowest BCUT2D eigenvalue weighted by atomic mass is 10.0. The first kappa shape index (κ1) is 17.1. The van der Waals surface area contributed by atoms with Crippen LogP contribution in [0.15, 0.2) is 0 Å². The van der Waals surface area contributed by atoms with Crippen molar-refractivity contribution in [3.8, 4) is 0 Å². The molecule has 0 bridgehead atoms. The second-order valence-electron chi connectivity index (χ2n) is 5.19. The summed E-state index contributed by atoms with van der Waals surface area (Å²) in [4.78, 5) is 2.29. The molecular weight excluding hydrogens is 273 g/mol. The summed E-state index contributed by atoms with van der Waals surface area (Å²) in [7, 11) is 2.08. The highest BCUT2D eigenvalue weighted by molar-refractivity contribution is 7.99. The predicted octanol–water partition coefficient (Wildman–Crippen LogP) is 3.13. The van der Waals surface area contributed by atoms with Crippen LogP contribution >= 0.6 is 11.8 Å². The largest absolute Gasteiger partial charge is 0.389 e. The van der Waals surface area contributed by atoms with E-state index in [4.69, 9.17) is 0 Å². The Hall–Kier alpha value is 0.0600. The Kier molecular flexibility index (Phi) is 7.54. The van der Waals surface area contributed by atoms with Gasteiger partial charge in [0, 0.05) is 36.6 Å². The summed E-state index contributed by atoms with van der Waals surface area (Å²) in [5, 5.41) is 3.43. The van der Waals surface area contributed by atoms with Crippen molar-refractivity contribution in [2.75, 3.05) is 31.6 Å². The molecule has 0 radical (unpaired) electrons. The Bertz CT molecular complexity index is 249. The van der Waals surface area contributed by atoms with Crippen LogP contribution < -0.4 is 5.32 Å². The van der Waals surface area contributed by atoms with Crippen LogP contribution in [0, 0.1) is 0 Å². The second-order valence-corrected chi connectivity index (χ2v) is 6.34. The van der Waals surface area contributed by atoms with Gasteiger partial charge in [-0.2, -0.15) is 24.9 Å². The van der Waals surface area contributed by atoms with Gasteiger partial charge in [0.25, 0.3) is 0 Å². The topological polar surface area (TPSA) is 15.3 Å². The molecule has 1 fully saturated rings. The Morgan fingerprint density at radius 1 is 1.42 bits per heavy atom. The fourth-order valence-corrected chi connectivity index (χ4v) is 3.72. The first-order chi connectivity index (χ1) is 8.94. The number of likely N-dealkylation sites (N-methyl/N-ethyl adjacent to an activating group) is 1. The van der Waals surface area contributed by atoms with Crippen molar-refractivity contribution >= 4 is 11.8 Å². The van der Waals surface area contributed by atoms with Crippen molar-refractivity contribution in [3.63, 3.8) is 0 Å². The van der Waals surface area contributed by atoms with Gasteiger partial charge in [0.05, 0.1) is 0 Å². The summed E-state index contributed by atoms with van der Waals surface area (Å²) < 4.78 is 36.7. The number of alkyl halides is 3. The Morgan fingerprint density at radius 3 is 2.74 bits per heavy atom. The maximum absolute atomic E-state index is 12.2. The molecule has 0 aromatic carbocycles. The summed E-state index contributed by atoms with van der Waals surface area (Å²) in [5.74, 6) is 2.14. The van der Waals surface area contributed by atoms with Gasteiger partial charge >= 0.3 is 6.18 Å². The molecule has 1 heterocycles. The average Bonchev–Trinajstić information content (AvgIpc) is 2.33. The third-order valence-electron chi connectivity index (χ3n) is 3.54. The highest BCUT2D eigenvalue weighted by Crippen LogP contribution is 2.25. The highest BCUT2D eigenvalue weighted by atomic mass is 32.2. The van der Waals surface area contributed by atoms with Crippen LogP contribution in [-0.2, 0) is 0 Å². The summed E-state index contributed by atoms with van der Waals surface area (Å²) in [6.07, 6.45) is -2.85. The molecule has 0 aromatic heterocycles. The number of hydrogen-bond donors (Lipinski definition) is 1. The van der Waals surface area contributed by atoms with Gasteiger partial charge in [0.1, 0.15) is 0 Å². The van der Waals surface area contributed by atoms with E-state index in [1.165, 1.54) is 0 Å². The lowest BCUT2D eigenvalue weighted by molar-refractivity contribution is -0.136. The van der Waals surface area contributed by atoms with Crippen LogP contribution in [0.1, 0.15) is 32.6 Å². The predicted molar refractivity (Wildman–Crippen MR) is 75.7 cm³/mol. The molecule has 0 spiro atoms. The molecule has 1 rings (SSSR count). The number of hydrogen-bond acceptors (Lipinski definition) is 3. The maximum atomic E-state index is 12.2. The summed E-state index contributed by atoms with van der Waals surface area (Å²) in [6, 6.07) is 0.540. The van der Waals surface area contributed by atoms with Crippen molar-refractivity contribution in [2.45, 2.75) is 50.9 Å². The van der Waals surface area contributed by atoms with Gasteiger partial charge in [-0.1, -0.05) is 6.92 Å². The van der Waals surface area contributed by atoms with Crippen molar-refractivity contribution in [1.29, 1.82) is 0 Å². The van der Waals surface area contributed by atoms with Crippen LogP contribution in [0.3, 0.4) is 0 Å². The summed E-state index contributed by atoms with van der Waals surface area (Å²) in [6.45, 7) is 3.99. The van der Waals surface area contributed by atoms with Crippen molar-refractivity contribution < 1.29 is 13.2 Å². The van der Waals surface area contributed by atoms with E-state index in [1.807, 2.05) is 11.8 Å². The van der Waals surface area contributed by atoms with Gasteiger partial charge in [-0.15, -0.1) is 0 Å². The fraction of sp³-hybridized carbons (Fsp3) is 1.00. The van der Waals surface area contributed by atoms with E-state index in [-0.39, 0.29) is 12.5 Å². The normalized spacial score (nSPS) is 23.5. The number of nitrogens with one attached hydrogen (secondary N) is 1. The molecule has 0 aromatic rings. The van der Waals surface area contributed by atoms with E-state index in [0.717, 1.165) is 31.0 Å². The quantitative estimate of drug-likeness (QED) is 0.777. The minimum Gasteiger partial charge on any atom is -0.312 e. The lowest BCUT2D eigenvalue weighted by Gasteiger charge is -2.38. The third kappa shape index (κ3) is 6.86. The van der Waals surface area contributed by atoms with Crippen LogP contribution in [0.25, 0.3) is 0 Å². The standard InChI is InChI=1S/C13H25F3N2S/c1-3-7-17-11(5-4-6-13(14,15)16)12-10-19-9-8-18(12)2/h11-12,17H,3-10H2,1-2H3. The fourth-order valence-electron chi connectivity index (χ4n) is 2.41. The van der Waals surface area contributed by atoms with Crippen LogP contribution in [-0.4, -0.2) is 54.8 Å². The molecule has 0 saturated carbocycles. The van der Waals surface area contributed by atoms with Gasteiger partial charge < -0.3 is 10.2 Å². The SMILES string of the molecule is CCCNC(CCCC(F)(F)F)C1CSCCN1C. The van der Waals surface area contributed by atoms with Crippen LogP contribution in [0.4, 0.5) is 13.2 Å². The molecule has 19 heavy (non-hydrogen) atoms. The Balaban J connectivity index is 2.45. The molecule has 1 N–H and O–H groups in total. The molecule has 0 amide bonds.